The first-order valence-electron chi connectivity index (χ1n) is 10.4. The summed E-state index contributed by atoms with van der Waals surface area (Å²) in [4.78, 5) is 27.3. The van der Waals surface area contributed by atoms with Gasteiger partial charge in [-0.05, 0) is 48.7 Å². The van der Waals surface area contributed by atoms with Crippen molar-refractivity contribution >= 4 is 27.5 Å². The molecule has 0 aliphatic rings. The van der Waals surface area contributed by atoms with Gasteiger partial charge in [-0.25, -0.2) is 12.8 Å². The molecule has 0 spiro atoms. The summed E-state index contributed by atoms with van der Waals surface area (Å²) < 4.78 is 45.0. The smallest absolute Gasteiger partial charge is 0.244 e. The van der Waals surface area contributed by atoms with E-state index in [1.165, 1.54) is 43.3 Å². The highest BCUT2D eigenvalue weighted by Crippen LogP contribution is 2.31. The Balaban J connectivity index is 2.49. The summed E-state index contributed by atoms with van der Waals surface area (Å²) in [5.41, 5.74) is 1.61. The predicted octanol–water partition coefficient (Wildman–Crippen LogP) is 2.46. The molecule has 0 radical (unpaired) electrons. The second-order valence-corrected chi connectivity index (χ2v) is 9.54. The van der Waals surface area contributed by atoms with Crippen LogP contribution >= 0.6 is 0 Å². The number of sulfonamides is 1. The molecule has 2 aromatic carbocycles. The lowest BCUT2D eigenvalue weighted by molar-refractivity contribution is -0.140. The molecule has 180 valence electrons. The molecule has 0 heterocycles. The van der Waals surface area contributed by atoms with Crippen molar-refractivity contribution in [2.75, 3.05) is 31.3 Å². The van der Waals surface area contributed by atoms with Gasteiger partial charge in [0.25, 0.3) is 0 Å². The Labute approximate surface area is 194 Å². The van der Waals surface area contributed by atoms with Gasteiger partial charge in [0.15, 0.2) is 0 Å². The normalized spacial score (nSPS) is 12.1. The molecule has 2 amide bonds. The SMILES string of the molecule is CC[C@H](C(=O)NC)N(Cc1ccc(F)cc1)C(=O)CN(c1cc(C)ccc1OC)S(C)(=O)=O. The zero-order valence-electron chi connectivity index (χ0n) is 19.5. The van der Waals surface area contributed by atoms with Crippen molar-refractivity contribution in [3.8, 4) is 5.75 Å². The van der Waals surface area contributed by atoms with Crippen molar-refractivity contribution in [3.63, 3.8) is 0 Å². The van der Waals surface area contributed by atoms with Gasteiger partial charge in [0.05, 0.1) is 19.1 Å². The van der Waals surface area contributed by atoms with Gasteiger partial charge in [-0.1, -0.05) is 25.1 Å². The van der Waals surface area contributed by atoms with E-state index in [2.05, 4.69) is 5.32 Å². The van der Waals surface area contributed by atoms with Crippen LogP contribution in [-0.4, -0.2) is 58.1 Å². The lowest BCUT2D eigenvalue weighted by Crippen LogP contribution is -2.51. The van der Waals surface area contributed by atoms with Gasteiger partial charge in [-0.3, -0.25) is 13.9 Å². The third kappa shape index (κ3) is 6.67. The molecule has 0 saturated carbocycles. The first kappa shape index (κ1) is 26.1. The molecule has 33 heavy (non-hydrogen) atoms. The summed E-state index contributed by atoms with van der Waals surface area (Å²) >= 11 is 0. The number of halogens is 1. The quantitative estimate of drug-likeness (QED) is 0.565. The molecule has 1 atom stereocenters. The molecule has 0 aliphatic heterocycles. The highest BCUT2D eigenvalue weighted by molar-refractivity contribution is 7.92. The van der Waals surface area contributed by atoms with E-state index in [0.717, 1.165) is 16.1 Å². The van der Waals surface area contributed by atoms with Crippen LogP contribution in [0.4, 0.5) is 10.1 Å². The van der Waals surface area contributed by atoms with Gasteiger partial charge in [0.2, 0.25) is 21.8 Å². The van der Waals surface area contributed by atoms with E-state index >= 15 is 0 Å². The van der Waals surface area contributed by atoms with E-state index < -0.39 is 34.3 Å². The maximum atomic E-state index is 13.5. The number of carbonyl (C=O) groups excluding carboxylic acids is 2. The van der Waals surface area contributed by atoms with E-state index in [4.69, 9.17) is 4.74 Å². The van der Waals surface area contributed by atoms with E-state index in [9.17, 15) is 22.4 Å². The first-order chi connectivity index (χ1) is 15.5. The molecule has 1 N–H and O–H groups in total. The topological polar surface area (TPSA) is 96.0 Å². The fourth-order valence-electron chi connectivity index (χ4n) is 3.46. The van der Waals surface area contributed by atoms with E-state index in [-0.39, 0.29) is 18.1 Å². The molecule has 0 unspecified atom stereocenters. The minimum atomic E-state index is -3.88. The van der Waals surface area contributed by atoms with Crippen molar-refractivity contribution in [3.05, 3.63) is 59.4 Å². The molecular weight excluding hydrogens is 449 g/mol. The van der Waals surface area contributed by atoms with Crippen molar-refractivity contribution in [1.29, 1.82) is 0 Å². The second-order valence-electron chi connectivity index (χ2n) is 7.63. The zero-order valence-corrected chi connectivity index (χ0v) is 20.3. The highest BCUT2D eigenvalue weighted by Gasteiger charge is 2.32. The fraction of sp³-hybridized carbons (Fsp3) is 0.391. The van der Waals surface area contributed by atoms with Crippen LogP contribution in [0.3, 0.4) is 0 Å². The van der Waals surface area contributed by atoms with Gasteiger partial charge in [0.1, 0.15) is 24.2 Å². The minimum absolute atomic E-state index is 0.00753. The third-order valence-corrected chi connectivity index (χ3v) is 6.31. The molecule has 0 fully saturated rings. The predicted molar refractivity (Wildman–Crippen MR) is 125 cm³/mol. The number of carbonyl (C=O) groups is 2. The van der Waals surface area contributed by atoms with Crippen LogP contribution in [0.1, 0.15) is 24.5 Å². The van der Waals surface area contributed by atoms with Crippen molar-refractivity contribution in [1.82, 2.24) is 10.2 Å². The Morgan fingerprint density at radius 2 is 1.79 bits per heavy atom. The molecule has 0 saturated heterocycles. The van der Waals surface area contributed by atoms with Gasteiger partial charge in [0, 0.05) is 13.6 Å². The minimum Gasteiger partial charge on any atom is -0.495 e. The standard InChI is InChI=1S/C23H30FN3O5S/c1-6-19(23(29)25-3)26(14-17-8-10-18(24)11-9-17)22(28)15-27(33(5,30)31)20-13-16(2)7-12-21(20)32-4/h7-13,19H,6,14-15H2,1-5H3,(H,25,29)/t19-/m1/s1. The van der Waals surface area contributed by atoms with Crippen LogP contribution in [0.5, 0.6) is 5.75 Å². The summed E-state index contributed by atoms with van der Waals surface area (Å²) in [5.74, 6) is -1.09. The van der Waals surface area contributed by atoms with Crippen LogP contribution in [0.25, 0.3) is 0 Å². The van der Waals surface area contributed by atoms with Gasteiger partial charge < -0.3 is 15.0 Å². The summed E-state index contributed by atoms with van der Waals surface area (Å²) in [6, 6.07) is 9.74. The van der Waals surface area contributed by atoms with E-state index in [0.29, 0.717) is 17.7 Å². The lowest BCUT2D eigenvalue weighted by Gasteiger charge is -2.33. The Hall–Kier alpha value is -3.14. The van der Waals surface area contributed by atoms with Crippen LogP contribution in [0.2, 0.25) is 0 Å². The Kier molecular flexibility index (Phi) is 8.81. The van der Waals surface area contributed by atoms with Crippen LogP contribution in [0.15, 0.2) is 42.5 Å². The Morgan fingerprint density at radius 3 is 2.30 bits per heavy atom. The fourth-order valence-corrected chi connectivity index (χ4v) is 4.31. The number of aryl methyl sites for hydroxylation is 1. The van der Waals surface area contributed by atoms with E-state index in [1.807, 2.05) is 0 Å². The number of ether oxygens (including phenoxy) is 1. The number of nitrogens with one attached hydrogen (secondary N) is 1. The average molecular weight is 480 g/mol. The molecule has 0 aliphatic carbocycles. The number of hydrogen-bond acceptors (Lipinski definition) is 5. The first-order valence-corrected chi connectivity index (χ1v) is 12.2. The van der Waals surface area contributed by atoms with Crippen molar-refractivity contribution < 1.29 is 27.1 Å². The number of methoxy groups -OCH3 is 1. The van der Waals surface area contributed by atoms with Gasteiger partial charge >= 0.3 is 0 Å². The summed E-state index contributed by atoms with van der Waals surface area (Å²) in [6.07, 6.45) is 1.31. The third-order valence-electron chi connectivity index (χ3n) is 5.18. The molecule has 10 heteroatoms. The van der Waals surface area contributed by atoms with Crippen molar-refractivity contribution in [2.24, 2.45) is 0 Å². The monoisotopic (exact) mass is 479 g/mol. The molecular formula is C23H30FN3O5S. The molecule has 0 aromatic heterocycles. The lowest BCUT2D eigenvalue weighted by atomic mass is 10.1. The largest absolute Gasteiger partial charge is 0.495 e. The maximum absolute atomic E-state index is 13.5. The number of rotatable bonds is 10. The zero-order chi connectivity index (χ0) is 24.8. The second kappa shape index (κ2) is 11.1. The van der Waals surface area contributed by atoms with Crippen LogP contribution in [-0.2, 0) is 26.2 Å². The summed E-state index contributed by atoms with van der Waals surface area (Å²) in [7, 11) is -1.000. The Bertz CT molecular complexity index is 1090. The molecule has 2 rings (SSSR count). The van der Waals surface area contributed by atoms with Crippen molar-refractivity contribution in [2.45, 2.75) is 32.9 Å². The van der Waals surface area contributed by atoms with Gasteiger partial charge in [-0.2, -0.15) is 0 Å². The molecule has 8 nitrogen and oxygen atoms in total. The van der Waals surface area contributed by atoms with E-state index in [1.54, 1.807) is 32.0 Å². The number of benzene rings is 2. The molecule has 2 aromatic rings. The van der Waals surface area contributed by atoms with Crippen LogP contribution < -0.4 is 14.4 Å². The highest BCUT2D eigenvalue weighted by atomic mass is 32.2. The van der Waals surface area contributed by atoms with Crippen LogP contribution in [0, 0.1) is 12.7 Å². The molecule has 0 bridgehead atoms. The Morgan fingerprint density at radius 1 is 1.15 bits per heavy atom. The average Bonchev–Trinajstić information content (AvgIpc) is 2.77. The summed E-state index contributed by atoms with van der Waals surface area (Å²) in [6.45, 7) is 3.02. The number of hydrogen-bond donors (Lipinski definition) is 1. The number of amides is 2. The number of anilines is 1. The number of likely N-dealkylation sites (N-methyl/N-ethyl adjacent to an activating group) is 1. The summed E-state index contributed by atoms with van der Waals surface area (Å²) in [5, 5.41) is 2.54. The number of nitrogens with zero attached hydrogens (tertiary/aromatic N) is 2. The van der Waals surface area contributed by atoms with Gasteiger partial charge in [-0.15, -0.1) is 0 Å². The maximum Gasteiger partial charge on any atom is 0.244 e.